The molecule has 0 spiro atoms. The van der Waals surface area contributed by atoms with E-state index < -0.39 is 10.5 Å². The van der Waals surface area contributed by atoms with Gasteiger partial charge in [0.15, 0.2) is 0 Å². The molecule has 1 aromatic carbocycles. The molecule has 8 nitrogen and oxygen atoms in total. The van der Waals surface area contributed by atoms with E-state index >= 15 is 0 Å². The van der Waals surface area contributed by atoms with Crippen LogP contribution < -0.4 is 9.64 Å². The van der Waals surface area contributed by atoms with Crippen molar-refractivity contribution < 1.29 is 19.2 Å². The Hall–Kier alpha value is -2.51. The van der Waals surface area contributed by atoms with E-state index in [1.807, 2.05) is 27.7 Å². The van der Waals surface area contributed by atoms with Crippen molar-refractivity contribution in [2.24, 2.45) is 0 Å². The van der Waals surface area contributed by atoms with Crippen LogP contribution in [-0.4, -0.2) is 54.3 Å². The number of hydrogen-bond donors (Lipinski definition) is 0. The molecule has 0 aliphatic carbocycles. The van der Waals surface area contributed by atoms with Crippen LogP contribution in [0, 0.1) is 10.1 Å². The van der Waals surface area contributed by atoms with Crippen LogP contribution in [-0.2, 0) is 4.74 Å². The number of nitro benzene ring substituents is 1. The highest BCUT2D eigenvalue weighted by Gasteiger charge is 2.31. The molecule has 1 aliphatic rings. The summed E-state index contributed by atoms with van der Waals surface area (Å²) in [6, 6.07) is 4.60. The van der Waals surface area contributed by atoms with E-state index in [1.54, 1.807) is 11.0 Å². The summed E-state index contributed by atoms with van der Waals surface area (Å²) in [6.07, 6.45) is -0.324. The lowest BCUT2D eigenvalue weighted by Gasteiger charge is -2.41. The molecular weight excluding hydrogens is 326 g/mol. The Labute approximate surface area is 147 Å². The fourth-order valence-electron chi connectivity index (χ4n) is 2.82. The molecule has 1 amide bonds. The van der Waals surface area contributed by atoms with Gasteiger partial charge in [0.2, 0.25) is 0 Å². The van der Waals surface area contributed by atoms with Gasteiger partial charge in [0, 0.05) is 31.7 Å². The highest BCUT2D eigenvalue weighted by atomic mass is 16.6. The molecule has 1 fully saturated rings. The number of methoxy groups -OCH3 is 1. The molecule has 0 bridgehead atoms. The maximum Gasteiger partial charge on any atom is 0.410 e. The van der Waals surface area contributed by atoms with Crippen molar-refractivity contribution in [2.45, 2.75) is 39.3 Å². The minimum absolute atomic E-state index is 0.0133. The van der Waals surface area contributed by atoms with E-state index in [9.17, 15) is 14.9 Å². The maximum absolute atomic E-state index is 12.2. The Kier molecular flexibility index (Phi) is 5.39. The van der Waals surface area contributed by atoms with Crippen LogP contribution in [0.1, 0.15) is 27.7 Å². The quantitative estimate of drug-likeness (QED) is 0.615. The number of anilines is 1. The molecule has 0 radical (unpaired) electrons. The van der Waals surface area contributed by atoms with Crippen molar-refractivity contribution >= 4 is 17.5 Å². The summed E-state index contributed by atoms with van der Waals surface area (Å²) in [7, 11) is 1.49. The first kappa shape index (κ1) is 18.8. The van der Waals surface area contributed by atoms with E-state index in [2.05, 4.69) is 4.90 Å². The fourth-order valence-corrected chi connectivity index (χ4v) is 2.82. The zero-order chi connectivity index (χ0) is 18.8. The van der Waals surface area contributed by atoms with Crippen LogP contribution >= 0.6 is 0 Å². The molecule has 8 heteroatoms. The van der Waals surface area contributed by atoms with Crippen molar-refractivity contribution in [2.75, 3.05) is 31.6 Å². The molecule has 0 aromatic heterocycles. The van der Waals surface area contributed by atoms with E-state index in [-0.39, 0.29) is 17.8 Å². The number of non-ortho nitro benzene ring substituents is 1. The summed E-state index contributed by atoms with van der Waals surface area (Å²) >= 11 is 0. The monoisotopic (exact) mass is 351 g/mol. The lowest BCUT2D eigenvalue weighted by Crippen LogP contribution is -2.54. The summed E-state index contributed by atoms with van der Waals surface area (Å²) in [5.74, 6) is 0.451. The minimum Gasteiger partial charge on any atom is -0.494 e. The first-order valence-electron chi connectivity index (χ1n) is 8.19. The van der Waals surface area contributed by atoms with Gasteiger partial charge in [0.05, 0.1) is 23.8 Å². The topological polar surface area (TPSA) is 85.2 Å². The standard InChI is InChI=1S/C17H25N3O5/c1-12-11-18(16(21)25-17(2,3)4)8-9-19(12)14-7-6-13(20(22)23)10-15(14)24-5/h6-7,10,12H,8-9,11H2,1-5H3. The second-order valence-electron chi connectivity index (χ2n) is 7.08. The van der Waals surface area contributed by atoms with E-state index in [0.717, 1.165) is 5.69 Å². The Morgan fingerprint density at radius 1 is 1.32 bits per heavy atom. The molecular formula is C17H25N3O5. The molecule has 1 aliphatic heterocycles. The number of nitrogens with zero attached hydrogens (tertiary/aromatic N) is 3. The van der Waals surface area contributed by atoms with Gasteiger partial charge >= 0.3 is 6.09 Å². The average molecular weight is 351 g/mol. The SMILES string of the molecule is COc1cc([N+](=O)[O-])ccc1N1CCN(C(=O)OC(C)(C)C)CC1C. The van der Waals surface area contributed by atoms with Gasteiger partial charge in [-0.2, -0.15) is 0 Å². The van der Waals surface area contributed by atoms with Gasteiger partial charge in [-0.05, 0) is 33.8 Å². The highest BCUT2D eigenvalue weighted by Crippen LogP contribution is 2.34. The number of rotatable bonds is 3. The van der Waals surface area contributed by atoms with E-state index in [4.69, 9.17) is 9.47 Å². The first-order valence-corrected chi connectivity index (χ1v) is 8.19. The lowest BCUT2D eigenvalue weighted by atomic mass is 10.1. The highest BCUT2D eigenvalue weighted by molar-refractivity contribution is 5.69. The number of benzene rings is 1. The lowest BCUT2D eigenvalue weighted by molar-refractivity contribution is -0.384. The van der Waals surface area contributed by atoms with Crippen LogP contribution in [0.25, 0.3) is 0 Å². The van der Waals surface area contributed by atoms with Gasteiger partial charge in [0.25, 0.3) is 5.69 Å². The minimum atomic E-state index is -0.529. The van der Waals surface area contributed by atoms with Crippen LogP contribution in [0.15, 0.2) is 18.2 Å². The number of nitro groups is 1. The van der Waals surface area contributed by atoms with E-state index in [0.29, 0.717) is 25.4 Å². The molecule has 138 valence electrons. The molecule has 1 saturated heterocycles. The fraction of sp³-hybridized carbons (Fsp3) is 0.588. The molecule has 0 N–H and O–H groups in total. The predicted molar refractivity (Wildman–Crippen MR) is 94.3 cm³/mol. The number of hydrogen-bond acceptors (Lipinski definition) is 6. The maximum atomic E-state index is 12.2. The first-order chi connectivity index (χ1) is 11.6. The number of ether oxygens (including phenoxy) is 2. The number of carbonyl (C=O) groups is 1. The van der Waals surface area contributed by atoms with Crippen molar-refractivity contribution in [3.05, 3.63) is 28.3 Å². The Morgan fingerprint density at radius 3 is 2.52 bits per heavy atom. The predicted octanol–water partition coefficient (Wildman–Crippen LogP) is 3.05. The van der Waals surface area contributed by atoms with Gasteiger partial charge in [-0.25, -0.2) is 4.79 Å². The second kappa shape index (κ2) is 7.16. The van der Waals surface area contributed by atoms with Crippen LogP contribution in [0.3, 0.4) is 0 Å². The molecule has 1 heterocycles. The van der Waals surface area contributed by atoms with Gasteiger partial charge in [-0.3, -0.25) is 10.1 Å². The zero-order valence-corrected chi connectivity index (χ0v) is 15.3. The normalized spacial score (nSPS) is 18.0. The van der Waals surface area contributed by atoms with Crippen molar-refractivity contribution in [1.82, 2.24) is 4.90 Å². The molecule has 1 aromatic rings. The number of carbonyl (C=O) groups excluding carboxylic acids is 1. The summed E-state index contributed by atoms with van der Waals surface area (Å²) < 4.78 is 10.7. The van der Waals surface area contributed by atoms with Crippen molar-refractivity contribution in [3.8, 4) is 5.75 Å². The van der Waals surface area contributed by atoms with Crippen molar-refractivity contribution in [3.63, 3.8) is 0 Å². The average Bonchev–Trinajstić information content (AvgIpc) is 2.52. The summed E-state index contributed by atoms with van der Waals surface area (Å²) in [5.41, 5.74) is 0.240. The Morgan fingerprint density at radius 2 is 2.00 bits per heavy atom. The van der Waals surface area contributed by atoms with Crippen LogP contribution in [0.4, 0.5) is 16.2 Å². The third-order valence-electron chi connectivity index (χ3n) is 3.96. The number of amides is 1. The number of piperazine rings is 1. The third-order valence-corrected chi connectivity index (χ3v) is 3.96. The zero-order valence-electron chi connectivity index (χ0n) is 15.3. The smallest absolute Gasteiger partial charge is 0.410 e. The van der Waals surface area contributed by atoms with Gasteiger partial charge in [0.1, 0.15) is 11.4 Å². The third kappa shape index (κ3) is 4.52. The second-order valence-corrected chi connectivity index (χ2v) is 7.08. The summed E-state index contributed by atoms with van der Waals surface area (Å²) in [4.78, 5) is 26.5. The molecule has 2 rings (SSSR count). The molecule has 0 saturated carbocycles. The van der Waals surface area contributed by atoms with E-state index in [1.165, 1.54) is 19.2 Å². The molecule has 1 atom stereocenters. The van der Waals surface area contributed by atoms with Crippen LogP contribution in [0.2, 0.25) is 0 Å². The van der Waals surface area contributed by atoms with Crippen LogP contribution in [0.5, 0.6) is 5.75 Å². The largest absolute Gasteiger partial charge is 0.494 e. The Bertz CT molecular complexity index is 656. The van der Waals surface area contributed by atoms with Gasteiger partial charge < -0.3 is 19.3 Å². The molecule has 25 heavy (non-hydrogen) atoms. The van der Waals surface area contributed by atoms with Crippen molar-refractivity contribution in [1.29, 1.82) is 0 Å². The summed E-state index contributed by atoms with van der Waals surface area (Å²) in [6.45, 7) is 9.13. The molecule has 1 unspecified atom stereocenters. The summed E-state index contributed by atoms with van der Waals surface area (Å²) in [5, 5.41) is 10.9. The Balaban J connectivity index is 2.14. The van der Waals surface area contributed by atoms with Gasteiger partial charge in [-0.15, -0.1) is 0 Å². The van der Waals surface area contributed by atoms with Gasteiger partial charge in [-0.1, -0.05) is 0 Å².